The van der Waals surface area contributed by atoms with Gasteiger partial charge in [0.1, 0.15) is 0 Å². The first-order valence-corrected chi connectivity index (χ1v) is 10.2. The van der Waals surface area contributed by atoms with Crippen molar-refractivity contribution >= 4 is 19.7 Å². The number of fused-ring (bicyclic) bond motifs is 1. The van der Waals surface area contributed by atoms with E-state index in [1.54, 1.807) is 21.3 Å². The van der Waals surface area contributed by atoms with Crippen LogP contribution in [0.5, 0.6) is 0 Å². The average molecular weight is 334 g/mol. The van der Waals surface area contributed by atoms with Gasteiger partial charge in [-0.1, -0.05) is 37.1 Å². The number of para-hydroxylation sites is 1. The number of pyridine rings is 1. The monoisotopic (exact) mass is 333 g/mol. The summed E-state index contributed by atoms with van der Waals surface area (Å²) >= 11 is 0. The number of hydrogen-bond donors (Lipinski definition) is 0. The molecule has 0 N–H and O–H groups in total. The second-order valence-corrected chi connectivity index (χ2v) is 8.80. The topological polar surface area (TPSA) is 40.6 Å². The molecule has 0 aliphatic carbocycles. The third-order valence-corrected chi connectivity index (χ3v) is 7.09. The highest BCUT2D eigenvalue weighted by Gasteiger charge is 2.36. The molecule has 0 saturated carbocycles. The lowest BCUT2D eigenvalue weighted by Gasteiger charge is -2.24. The molecule has 0 unspecified atom stereocenters. The van der Waals surface area contributed by atoms with Crippen molar-refractivity contribution in [2.75, 3.05) is 21.3 Å². The van der Waals surface area contributed by atoms with E-state index in [0.29, 0.717) is 0 Å². The normalized spacial score (nSPS) is 12.0. The van der Waals surface area contributed by atoms with Gasteiger partial charge < -0.3 is 13.3 Å². The first kappa shape index (κ1) is 18.1. The van der Waals surface area contributed by atoms with Crippen LogP contribution in [-0.2, 0) is 19.7 Å². The van der Waals surface area contributed by atoms with E-state index in [1.165, 1.54) is 23.9 Å². The molecular weight excluding hydrogens is 306 g/mol. The molecule has 4 nitrogen and oxygen atoms in total. The van der Waals surface area contributed by atoms with Crippen molar-refractivity contribution in [1.29, 1.82) is 0 Å². The maximum Gasteiger partial charge on any atom is 0.500 e. The molecule has 23 heavy (non-hydrogen) atoms. The third-order valence-electron chi connectivity index (χ3n) is 4.25. The Morgan fingerprint density at radius 3 is 2.26 bits per heavy atom. The molecule has 0 aliphatic rings. The standard InChI is InChI=1S/C18H27NO3Si/c1-20-23(21-2,22-3)15-9-5-4-6-11-17-14-13-16-10-7-8-12-18(16)19-17/h7-8,10,12-14H,4-6,9,11,15H2,1-3H3. The summed E-state index contributed by atoms with van der Waals surface area (Å²) < 4.78 is 16.3. The molecule has 1 aromatic carbocycles. The van der Waals surface area contributed by atoms with E-state index in [1.807, 2.05) is 12.1 Å². The molecular formula is C18H27NO3Si. The predicted octanol–water partition coefficient (Wildman–Crippen LogP) is 4.22. The third kappa shape index (κ3) is 5.11. The second-order valence-electron chi connectivity index (χ2n) is 5.70. The van der Waals surface area contributed by atoms with Crippen molar-refractivity contribution in [2.45, 2.75) is 38.1 Å². The zero-order chi connectivity index (χ0) is 16.5. The minimum atomic E-state index is -2.38. The van der Waals surface area contributed by atoms with Crippen molar-refractivity contribution in [2.24, 2.45) is 0 Å². The number of benzene rings is 1. The lowest BCUT2D eigenvalue weighted by molar-refractivity contribution is 0.122. The van der Waals surface area contributed by atoms with Gasteiger partial charge in [-0.2, -0.15) is 0 Å². The molecule has 1 heterocycles. The zero-order valence-corrected chi connectivity index (χ0v) is 15.4. The molecule has 1 aromatic heterocycles. The Bertz CT molecular complexity index is 593. The fourth-order valence-electron chi connectivity index (χ4n) is 2.80. The number of rotatable bonds is 10. The summed E-state index contributed by atoms with van der Waals surface area (Å²) in [5.41, 5.74) is 2.26. The van der Waals surface area contributed by atoms with Crippen LogP contribution in [0, 0.1) is 0 Å². The summed E-state index contributed by atoms with van der Waals surface area (Å²) in [4.78, 5) is 4.72. The minimum Gasteiger partial charge on any atom is -0.377 e. The van der Waals surface area contributed by atoms with E-state index >= 15 is 0 Å². The van der Waals surface area contributed by atoms with E-state index in [9.17, 15) is 0 Å². The zero-order valence-electron chi connectivity index (χ0n) is 14.4. The van der Waals surface area contributed by atoms with Gasteiger partial charge in [-0.25, -0.2) is 0 Å². The smallest absolute Gasteiger partial charge is 0.377 e. The highest BCUT2D eigenvalue weighted by molar-refractivity contribution is 6.60. The predicted molar refractivity (Wildman–Crippen MR) is 95.5 cm³/mol. The number of aryl methyl sites for hydroxylation is 1. The van der Waals surface area contributed by atoms with Crippen LogP contribution in [0.1, 0.15) is 31.4 Å². The average Bonchev–Trinajstić information content (AvgIpc) is 2.61. The van der Waals surface area contributed by atoms with Crippen molar-refractivity contribution < 1.29 is 13.3 Å². The highest BCUT2D eigenvalue weighted by Crippen LogP contribution is 2.18. The van der Waals surface area contributed by atoms with E-state index < -0.39 is 8.80 Å². The minimum absolute atomic E-state index is 0.880. The van der Waals surface area contributed by atoms with Gasteiger partial charge in [-0.05, 0) is 31.4 Å². The van der Waals surface area contributed by atoms with Gasteiger partial charge >= 0.3 is 8.80 Å². The number of aromatic nitrogens is 1. The van der Waals surface area contributed by atoms with Gasteiger partial charge in [0.05, 0.1) is 5.52 Å². The van der Waals surface area contributed by atoms with Crippen molar-refractivity contribution in [1.82, 2.24) is 4.98 Å². The summed E-state index contributed by atoms with van der Waals surface area (Å²) in [6, 6.07) is 13.4. The number of hydrogen-bond acceptors (Lipinski definition) is 4. The fraction of sp³-hybridized carbons (Fsp3) is 0.500. The van der Waals surface area contributed by atoms with Crippen molar-refractivity contribution in [3.8, 4) is 0 Å². The van der Waals surface area contributed by atoms with Crippen molar-refractivity contribution in [3.63, 3.8) is 0 Å². The van der Waals surface area contributed by atoms with Crippen LogP contribution < -0.4 is 0 Å². The molecule has 0 amide bonds. The lowest BCUT2D eigenvalue weighted by atomic mass is 10.1. The van der Waals surface area contributed by atoms with Gasteiger partial charge in [0.25, 0.3) is 0 Å². The maximum atomic E-state index is 5.44. The van der Waals surface area contributed by atoms with Gasteiger partial charge in [-0.15, -0.1) is 0 Å². The highest BCUT2D eigenvalue weighted by atomic mass is 28.4. The van der Waals surface area contributed by atoms with Gasteiger partial charge in [0, 0.05) is 38.5 Å². The summed E-state index contributed by atoms with van der Waals surface area (Å²) in [5.74, 6) is 0. The first-order chi connectivity index (χ1) is 11.2. The first-order valence-electron chi connectivity index (χ1n) is 8.23. The Hall–Kier alpha value is -1.27. The SMILES string of the molecule is CO[Si](CCCCCCc1ccc2ccccc2n1)(OC)OC. The Morgan fingerprint density at radius 1 is 0.826 bits per heavy atom. The van der Waals surface area contributed by atoms with Crippen LogP contribution >= 0.6 is 0 Å². The molecule has 0 radical (unpaired) electrons. The maximum absolute atomic E-state index is 5.44. The van der Waals surface area contributed by atoms with Crippen molar-refractivity contribution in [3.05, 3.63) is 42.1 Å². The molecule has 0 saturated heterocycles. The van der Waals surface area contributed by atoms with Crippen LogP contribution in [0.3, 0.4) is 0 Å². The Balaban J connectivity index is 1.70. The van der Waals surface area contributed by atoms with E-state index in [0.717, 1.165) is 30.8 Å². The largest absolute Gasteiger partial charge is 0.500 e. The Labute approximate surface area is 140 Å². The van der Waals surface area contributed by atoms with Crippen LogP contribution in [0.15, 0.2) is 36.4 Å². The molecule has 2 aromatic rings. The number of nitrogens with zero attached hydrogens (tertiary/aromatic N) is 1. The molecule has 0 bridgehead atoms. The van der Waals surface area contributed by atoms with Gasteiger partial charge in [0.2, 0.25) is 0 Å². The quantitative estimate of drug-likeness (QED) is 0.482. The molecule has 0 fully saturated rings. The molecule has 0 spiro atoms. The summed E-state index contributed by atoms with van der Waals surface area (Å²) in [6.45, 7) is 0. The molecule has 126 valence electrons. The molecule has 5 heteroatoms. The Morgan fingerprint density at radius 2 is 1.52 bits per heavy atom. The summed E-state index contributed by atoms with van der Waals surface area (Å²) in [7, 11) is 2.63. The molecule has 0 aliphatic heterocycles. The second kappa shape index (κ2) is 9.13. The van der Waals surface area contributed by atoms with E-state index in [2.05, 4.69) is 24.3 Å². The van der Waals surface area contributed by atoms with E-state index in [4.69, 9.17) is 18.3 Å². The van der Waals surface area contributed by atoms with Gasteiger partial charge in [-0.3, -0.25) is 4.98 Å². The van der Waals surface area contributed by atoms with Crippen LogP contribution in [0.25, 0.3) is 10.9 Å². The van der Waals surface area contributed by atoms with Crippen LogP contribution in [-0.4, -0.2) is 35.1 Å². The molecule has 2 rings (SSSR count). The molecule has 0 atom stereocenters. The van der Waals surface area contributed by atoms with Crippen LogP contribution in [0.4, 0.5) is 0 Å². The summed E-state index contributed by atoms with van der Waals surface area (Å²) in [5, 5.41) is 1.20. The Kier molecular flexibility index (Phi) is 7.17. The van der Waals surface area contributed by atoms with Gasteiger partial charge in [0.15, 0.2) is 0 Å². The fourth-order valence-corrected chi connectivity index (χ4v) is 4.60. The van der Waals surface area contributed by atoms with E-state index in [-0.39, 0.29) is 0 Å². The lowest BCUT2D eigenvalue weighted by Crippen LogP contribution is -2.42. The number of unbranched alkanes of at least 4 members (excludes halogenated alkanes) is 3. The van der Waals surface area contributed by atoms with Crippen LogP contribution in [0.2, 0.25) is 6.04 Å². The summed E-state index contributed by atoms with van der Waals surface area (Å²) in [6.07, 6.45) is 5.63.